The number of nitrogens with zero attached hydrogens (tertiary/aromatic N) is 2. The van der Waals surface area contributed by atoms with Crippen molar-refractivity contribution >= 4 is 11.9 Å². The van der Waals surface area contributed by atoms with Gasteiger partial charge in [-0.05, 0) is 50.7 Å². The van der Waals surface area contributed by atoms with Gasteiger partial charge in [0.2, 0.25) is 5.91 Å². The number of hydrogen-bond donors (Lipinski definition) is 1. The van der Waals surface area contributed by atoms with Crippen LogP contribution in [0.1, 0.15) is 49.3 Å². The third-order valence-corrected chi connectivity index (χ3v) is 5.60. The van der Waals surface area contributed by atoms with E-state index in [1.54, 1.807) is 24.0 Å². The van der Waals surface area contributed by atoms with Crippen molar-refractivity contribution in [3.05, 3.63) is 35.1 Å². The van der Waals surface area contributed by atoms with Crippen LogP contribution in [-0.4, -0.2) is 53.0 Å². The Labute approximate surface area is 153 Å². The zero-order chi connectivity index (χ0) is 18.7. The largest absolute Gasteiger partial charge is 0.480 e. The average molecular weight is 362 g/mol. The van der Waals surface area contributed by atoms with Gasteiger partial charge in [0.15, 0.2) is 0 Å². The number of carbonyl (C=O) groups is 2. The first kappa shape index (κ1) is 18.8. The lowest BCUT2D eigenvalue weighted by Crippen LogP contribution is -2.46. The summed E-state index contributed by atoms with van der Waals surface area (Å²) in [6.07, 6.45) is 4.58. The van der Waals surface area contributed by atoms with Crippen molar-refractivity contribution in [3.8, 4) is 0 Å². The molecule has 3 rings (SSSR count). The van der Waals surface area contributed by atoms with Crippen LogP contribution >= 0.6 is 0 Å². The smallest absolute Gasteiger partial charge is 0.325 e. The van der Waals surface area contributed by atoms with Crippen LogP contribution in [0.2, 0.25) is 0 Å². The molecule has 2 fully saturated rings. The molecule has 0 aliphatic carbocycles. The summed E-state index contributed by atoms with van der Waals surface area (Å²) >= 11 is 0. The number of likely N-dealkylation sites (tertiary alicyclic amines) is 2. The molecule has 2 aliphatic heterocycles. The molecular formula is C20H27FN2O3. The standard InChI is InChI=1S/C20H27FN2O3/c1-14-5-6-16(17(21)13-14)18(20(25)26)22-11-7-15(8-12-22)19(24)23-9-3-2-4-10-23/h5-6,13,15,18H,2-4,7-12H2,1H3,(H,25,26). The highest BCUT2D eigenvalue weighted by Crippen LogP contribution is 2.30. The van der Waals surface area contributed by atoms with Gasteiger partial charge in [0.05, 0.1) is 0 Å². The lowest BCUT2D eigenvalue weighted by molar-refractivity contribution is -0.145. The summed E-state index contributed by atoms with van der Waals surface area (Å²) < 4.78 is 14.3. The number of benzene rings is 1. The molecule has 1 aromatic carbocycles. The van der Waals surface area contributed by atoms with Crippen molar-refractivity contribution in [2.45, 2.75) is 45.1 Å². The van der Waals surface area contributed by atoms with Gasteiger partial charge in [0.25, 0.3) is 0 Å². The summed E-state index contributed by atoms with van der Waals surface area (Å²) in [5.41, 5.74) is 0.963. The molecule has 2 aliphatic rings. The minimum atomic E-state index is -1.05. The maximum atomic E-state index is 14.3. The van der Waals surface area contributed by atoms with Crippen molar-refractivity contribution in [1.29, 1.82) is 0 Å². The van der Waals surface area contributed by atoms with Gasteiger partial charge < -0.3 is 10.0 Å². The minimum absolute atomic E-state index is 0.0401. The molecule has 0 bridgehead atoms. The summed E-state index contributed by atoms with van der Waals surface area (Å²) in [6, 6.07) is 3.68. The molecule has 6 heteroatoms. The van der Waals surface area contributed by atoms with Gasteiger partial charge in [-0.3, -0.25) is 14.5 Å². The normalized spacial score (nSPS) is 20.8. The molecule has 0 aromatic heterocycles. The van der Waals surface area contributed by atoms with Gasteiger partial charge in [-0.15, -0.1) is 0 Å². The van der Waals surface area contributed by atoms with E-state index in [1.165, 1.54) is 12.5 Å². The van der Waals surface area contributed by atoms with Crippen LogP contribution in [0.3, 0.4) is 0 Å². The van der Waals surface area contributed by atoms with Gasteiger partial charge in [-0.2, -0.15) is 0 Å². The maximum absolute atomic E-state index is 14.3. The Morgan fingerprint density at radius 2 is 1.77 bits per heavy atom. The van der Waals surface area contributed by atoms with Crippen LogP contribution in [0.15, 0.2) is 18.2 Å². The number of aryl methyl sites for hydroxylation is 1. The highest BCUT2D eigenvalue weighted by atomic mass is 19.1. The predicted octanol–water partition coefficient (Wildman–Crippen LogP) is 2.98. The monoisotopic (exact) mass is 362 g/mol. The van der Waals surface area contributed by atoms with Crippen molar-refractivity contribution in [2.24, 2.45) is 5.92 Å². The number of halogens is 1. The lowest BCUT2D eigenvalue weighted by atomic mass is 9.92. The molecule has 0 radical (unpaired) electrons. The Morgan fingerprint density at radius 3 is 2.35 bits per heavy atom. The third kappa shape index (κ3) is 4.06. The first-order chi connectivity index (χ1) is 12.5. The van der Waals surface area contributed by atoms with Crippen LogP contribution in [0.4, 0.5) is 4.39 Å². The first-order valence-corrected chi connectivity index (χ1v) is 9.49. The molecule has 2 saturated heterocycles. The molecular weight excluding hydrogens is 335 g/mol. The number of amides is 1. The number of carboxylic acid groups (broad SMARTS) is 1. The SMILES string of the molecule is Cc1ccc(C(C(=O)O)N2CCC(C(=O)N3CCCCC3)CC2)c(F)c1. The number of piperidine rings is 2. The van der Waals surface area contributed by atoms with Gasteiger partial charge in [0, 0.05) is 37.7 Å². The fourth-order valence-corrected chi connectivity index (χ4v) is 4.12. The van der Waals surface area contributed by atoms with Crippen LogP contribution in [0, 0.1) is 18.7 Å². The summed E-state index contributed by atoms with van der Waals surface area (Å²) in [5.74, 6) is -1.36. The van der Waals surface area contributed by atoms with Gasteiger partial charge in [-0.25, -0.2) is 4.39 Å². The number of carbonyl (C=O) groups excluding carboxylic acids is 1. The summed E-state index contributed by atoms with van der Waals surface area (Å²) in [6.45, 7) is 4.44. The van der Waals surface area contributed by atoms with E-state index in [4.69, 9.17) is 0 Å². The first-order valence-electron chi connectivity index (χ1n) is 9.49. The highest BCUT2D eigenvalue weighted by molar-refractivity contribution is 5.79. The molecule has 1 unspecified atom stereocenters. The van der Waals surface area contributed by atoms with E-state index in [-0.39, 0.29) is 17.4 Å². The Balaban J connectivity index is 1.66. The Morgan fingerprint density at radius 1 is 1.12 bits per heavy atom. The number of hydrogen-bond acceptors (Lipinski definition) is 3. The summed E-state index contributed by atoms with van der Waals surface area (Å²) in [5, 5.41) is 9.67. The molecule has 5 nitrogen and oxygen atoms in total. The number of aliphatic carboxylic acids is 1. The van der Waals surface area contributed by atoms with E-state index in [1.807, 2.05) is 4.90 Å². The van der Waals surface area contributed by atoms with Crippen LogP contribution in [0.25, 0.3) is 0 Å². The molecule has 26 heavy (non-hydrogen) atoms. The second-order valence-electron chi connectivity index (χ2n) is 7.46. The van der Waals surface area contributed by atoms with Crippen LogP contribution < -0.4 is 0 Å². The molecule has 0 saturated carbocycles. The molecule has 142 valence electrons. The van der Waals surface area contributed by atoms with Crippen molar-refractivity contribution in [3.63, 3.8) is 0 Å². The number of rotatable bonds is 4. The van der Waals surface area contributed by atoms with Crippen molar-refractivity contribution < 1.29 is 19.1 Å². The Kier molecular flexibility index (Phi) is 5.91. The predicted molar refractivity (Wildman–Crippen MR) is 96.2 cm³/mol. The van der Waals surface area contributed by atoms with E-state index < -0.39 is 17.8 Å². The third-order valence-electron chi connectivity index (χ3n) is 5.60. The minimum Gasteiger partial charge on any atom is -0.480 e. The van der Waals surface area contributed by atoms with Gasteiger partial charge >= 0.3 is 5.97 Å². The summed E-state index contributed by atoms with van der Waals surface area (Å²) in [7, 11) is 0. The van der Waals surface area contributed by atoms with E-state index in [2.05, 4.69) is 0 Å². The quantitative estimate of drug-likeness (QED) is 0.895. The molecule has 0 spiro atoms. The molecule has 1 aromatic rings. The zero-order valence-corrected chi connectivity index (χ0v) is 15.3. The maximum Gasteiger partial charge on any atom is 0.325 e. The van der Waals surface area contributed by atoms with Gasteiger partial charge in [0.1, 0.15) is 11.9 Å². The molecule has 1 N–H and O–H groups in total. The molecule has 2 heterocycles. The second kappa shape index (κ2) is 8.16. The fourth-order valence-electron chi connectivity index (χ4n) is 4.12. The van der Waals surface area contributed by atoms with E-state index in [0.29, 0.717) is 25.9 Å². The molecule has 1 atom stereocenters. The van der Waals surface area contributed by atoms with E-state index >= 15 is 0 Å². The summed E-state index contributed by atoms with van der Waals surface area (Å²) in [4.78, 5) is 28.2. The van der Waals surface area contributed by atoms with E-state index in [0.717, 1.165) is 31.5 Å². The second-order valence-corrected chi connectivity index (χ2v) is 7.46. The fraction of sp³-hybridized carbons (Fsp3) is 0.600. The number of carboxylic acids is 1. The topological polar surface area (TPSA) is 60.9 Å². The van der Waals surface area contributed by atoms with E-state index in [9.17, 15) is 19.1 Å². The molecule has 1 amide bonds. The van der Waals surface area contributed by atoms with Gasteiger partial charge in [-0.1, -0.05) is 12.1 Å². The highest BCUT2D eigenvalue weighted by Gasteiger charge is 2.35. The zero-order valence-electron chi connectivity index (χ0n) is 15.3. The van der Waals surface area contributed by atoms with Crippen LogP contribution in [0.5, 0.6) is 0 Å². The van der Waals surface area contributed by atoms with Crippen molar-refractivity contribution in [2.75, 3.05) is 26.2 Å². The average Bonchev–Trinajstić information content (AvgIpc) is 2.64. The lowest BCUT2D eigenvalue weighted by Gasteiger charge is -2.37. The Hall–Kier alpha value is -1.95. The van der Waals surface area contributed by atoms with Crippen molar-refractivity contribution in [1.82, 2.24) is 9.80 Å². The van der Waals surface area contributed by atoms with Crippen LogP contribution in [-0.2, 0) is 9.59 Å². The Bertz CT molecular complexity index is 665.